The molecule has 0 aliphatic heterocycles. The summed E-state index contributed by atoms with van der Waals surface area (Å²) in [4.78, 5) is 14.2. The molecule has 21 heavy (non-hydrogen) atoms. The molecule has 0 saturated carbocycles. The molecular formula is C16H18N2O3. The first-order valence-electron chi connectivity index (χ1n) is 6.97. The molecule has 0 radical (unpaired) electrons. The second kappa shape index (κ2) is 7.02. The Morgan fingerprint density at radius 1 is 1.24 bits per heavy atom. The van der Waals surface area contributed by atoms with E-state index in [4.69, 9.17) is 14.7 Å². The first-order chi connectivity index (χ1) is 10.2. The van der Waals surface area contributed by atoms with Gasteiger partial charge < -0.3 is 14.5 Å². The normalized spacial score (nSPS) is 11.0. The van der Waals surface area contributed by atoms with Crippen LogP contribution in [0.4, 0.5) is 0 Å². The Morgan fingerprint density at radius 3 is 2.57 bits per heavy atom. The zero-order valence-electron chi connectivity index (χ0n) is 12.2. The number of nitrogens with one attached hydrogen (secondary N) is 1. The van der Waals surface area contributed by atoms with Gasteiger partial charge in [-0.3, -0.25) is 4.79 Å². The number of nitrogens with zero attached hydrogens (tertiary/aromatic N) is 1. The number of aromatic amines is 1. The summed E-state index contributed by atoms with van der Waals surface area (Å²) in [5.74, 6) is 0. The van der Waals surface area contributed by atoms with Gasteiger partial charge in [-0.2, -0.15) is 5.26 Å². The Morgan fingerprint density at radius 2 is 1.95 bits per heavy atom. The number of hydrogen-bond acceptors (Lipinski definition) is 4. The number of H-pyrrole nitrogens is 1. The number of pyridine rings is 1. The Bertz CT molecular complexity index is 710. The number of hydrogen-bond donors (Lipinski definition) is 1. The molecule has 0 spiro atoms. The summed E-state index contributed by atoms with van der Waals surface area (Å²) in [5, 5.41) is 10.0. The van der Waals surface area contributed by atoms with Crippen LogP contribution >= 0.6 is 0 Å². The molecule has 1 aromatic heterocycles. The quantitative estimate of drug-likeness (QED) is 0.827. The van der Waals surface area contributed by atoms with Gasteiger partial charge in [0.05, 0.1) is 11.6 Å². The van der Waals surface area contributed by atoms with Crippen molar-refractivity contribution in [3.63, 3.8) is 0 Å². The minimum absolute atomic E-state index is 0.185. The van der Waals surface area contributed by atoms with E-state index < -0.39 is 0 Å². The van der Waals surface area contributed by atoms with Gasteiger partial charge in [-0.1, -0.05) is 0 Å². The molecule has 0 fully saturated rings. The SMILES string of the molecule is CCOC(Cc1cc(C#N)cc2[nH]c(=O)ccc12)OCC. The molecule has 1 aromatic carbocycles. The van der Waals surface area contributed by atoms with Crippen LogP contribution in [0.25, 0.3) is 10.9 Å². The third kappa shape index (κ3) is 3.69. The second-order valence-electron chi connectivity index (χ2n) is 4.58. The van der Waals surface area contributed by atoms with Gasteiger partial charge in [-0.25, -0.2) is 0 Å². The van der Waals surface area contributed by atoms with E-state index in [9.17, 15) is 4.79 Å². The van der Waals surface area contributed by atoms with Crippen LogP contribution in [0, 0.1) is 11.3 Å². The maximum Gasteiger partial charge on any atom is 0.248 e. The molecule has 0 aliphatic carbocycles. The monoisotopic (exact) mass is 286 g/mol. The van der Waals surface area contributed by atoms with E-state index in [1.807, 2.05) is 19.9 Å². The van der Waals surface area contributed by atoms with Crippen LogP contribution in [-0.2, 0) is 15.9 Å². The Labute approximate surface area is 123 Å². The van der Waals surface area contributed by atoms with Crippen LogP contribution < -0.4 is 5.56 Å². The number of aromatic nitrogens is 1. The van der Waals surface area contributed by atoms with Gasteiger partial charge in [0.25, 0.3) is 0 Å². The summed E-state index contributed by atoms with van der Waals surface area (Å²) < 4.78 is 11.1. The van der Waals surface area contributed by atoms with Gasteiger partial charge >= 0.3 is 0 Å². The molecule has 2 rings (SSSR count). The van der Waals surface area contributed by atoms with Crippen LogP contribution in [0.5, 0.6) is 0 Å². The van der Waals surface area contributed by atoms with Gasteiger partial charge in [0.15, 0.2) is 6.29 Å². The lowest BCUT2D eigenvalue weighted by Crippen LogP contribution is -2.20. The number of rotatable bonds is 6. The number of fused-ring (bicyclic) bond motifs is 1. The number of benzene rings is 1. The molecule has 2 aromatic rings. The fraction of sp³-hybridized carbons (Fsp3) is 0.375. The van der Waals surface area contributed by atoms with E-state index in [2.05, 4.69) is 11.1 Å². The van der Waals surface area contributed by atoms with E-state index in [0.717, 1.165) is 10.9 Å². The molecule has 0 unspecified atom stereocenters. The zero-order valence-corrected chi connectivity index (χ0v) is 12.2. The Hall–Kier alpha value is -2.16. The van der Waals surface area contributed by atoms with Crippen LogP contribution in [0.1, 0.15) is 25.0 Å². The highest BCUT2D eigenvalue weighted by molar-refractivity contribution is 5.83. The van der Waals surface area contributed by atoms with Crippen molar-refractivity contribution in [2.75, 3.05) is 13.2 Å². The molecule has 0 bridgehead atoms. The topological polar surface area (TPSA) is 75.1 Å². The lowest BCUT2D eigenvalue weighted by atomic mass is 10.0. The van der Waals surface area contributed by atoms with Crippen molar-refractivity contribution < 1.29 is 9.47 Å². The maximum absolute atomic E-state index is 11.4. The van der Waals surface area contributed by atoms with Crippen molar-refractivity contribution in [2.45, 2.75) is 26.6 Å². The summed E-state index contributed by atoms with van der Waals surface area (Å²) in [6, 6.07) is 8.84. The lowest BCUT2D eigenvalue weighted by molar-refractivity contribution is -0.134. The molecule has 110 valence electrons. The van der Waals surface area contributed by atoms with E-state index in [1.165, 1.54) is 6.07 Å². The first kappa shape index (κ1) is 15.2. The smallest absolute Gasteiger partial charge is 0.248 e. The maximum atomic E-state index is 11.4. The molecule has 0 saturated heterocycles. The number of nitriles is 1. The van der Waals surface area contributed by atoms with Crippen LogP contribution in [0.2, 0.25) is 0 Å². The van der Waals surface area contributed by atoms with E-state index in [0.29, 0.717) is 30.7 Å². The van der Waals surface area contributed by atoms with Crippen molar-refractivity contribution in [1.82, 2.24) is 4.98 Å². The first-order valence-corrected chi connectivity index (χ1v) is 6.97. The predicted molar refractivity (Wildman–Crippen MR) is 80.0 cm³/mol. The zero-order chi connectivity index (χ0) is 15.2. The fourth-order valence-electron chi connectivity index (χ4n) is 2.30. The summed E-state index contributed by atoms with van der Waals surface area (Å²) in [5.41, 5.74) is 1.90. The molecule has 1 heterocycles. The van der Waals surface area contributed by atoms with Crippen LogP contribution in [0.3, 0.4) is 0 Å². The molecule has 5 heteroatoms. The van der Waals surface area contributed by atoms with Crippen molar-refractivity contribution >= 4 is 10.9 Å². The van der Waals surface area contributed by atoms with Gasteiger partial charge in [0.1, 0.15) is 0 Å². The van der Waals surface area contributed by atoms with Crippen molar-refractivity contribution in [2.24, 2.45) is 0 Å². The molecule has 0 atom stereocenters. The molecule has 0 amide bonds. The third-order valence-electron chi connectivity index (χ3n) is 3.15. The molecule has 0 aliphatic rings. The van der Waals surface area contributed by atoms with E-state index >= 15 is 0 Å². The van der Waals surface area contributed by atoms with Gasteiger partial charge in [-0.05, 0) is 37.6 Å². The molecular weight excluding hydrogens is 268 g/mol. The minimum Gasteiger partial charge on any atom is -0.353 e. The standard InChI is InChI=1S/C16H18N2O3/c1-3-20-16(21-4-2)9-12-7-11(10-17)8-14-13(12)5-6-15(19)18-14/h5-8,16H,3-4,9H2,1-2H3,(H,18,19). The highest BCUT2D eigenvalue weighted by Crippen LogP contribution is 2.21. The molecule has 1 N–H and O–H groups in total. The summed E-state index contributed by atoms with van der Waals surface area (Å²) in [6.07, 6.45) is 0.170. The van der Waals surface area contributed by atoms with Gasteiger partial charge in [0.2, 0.25) is 5.56 Å². The van der Waals surface area contributed by atoms with Crippen molar-refractivity contribution in [1.29, 1.82) is 5.26 Å². The Kier molecular flexibility index (Phi) is 5.09. The average molecular weight is 286 g/mol. The number of ether oxygens (including phenoxy) is 2. The fourth-order valence-corrected chi connectivity index (χ4v) is 2.30. The lowest BCUT2D eigenvalue weighted by Gasteiger charge is -2.18. The van der Waals surface area contributed by atoms with Crippen LogP contribution in [-0.4, -0.2) is 24.5 Å². The summed E-state index contributed by atoms with van der Waals surface area (Å²) >= 11 is 0. The van der Waals surface area contributed by atoms with Crippen molar-refractivity contribution in [3.8, 4) is 6.07 Å². The van der Waals surface area contributed by atoms with Gasteiger partial charge in [-0.15, -0.1) is 0 Å². The minimum atomic E-state index is -0.357. The molecule has 5 nitrogen and oxygen atoms in total. The largest absolute Gasteiger partial charge is 0.353 e. The second-order valence-corrected chi connectivity index (χ2v) is 4.58. The van der Waals surface area contributed by atoms with E-state index in [-0.39, 0.29) is 11.8 Å². The van der Waals surface area contributed by atoms with Crippen molar-refractivity contribution in [3.05, 3.63) is 45.7 Å². The highest BCUT2D eigenvalue weighted by atomic mass is 16.7. The van der Waals surface area contributed by atoms with Crippen LogP contribution in [0.15, 0.2) is 29.1 Å². The van der Waals surface area contributed by atoms with E-state index in [1.54, 1.807) is 12.1 Å². The predicted octanol–water partition coefficient (Wildman–Crippen LogP) is 2.34. The third-order valence-corrected chi connectivity index (χ3v) is 3.15. The Balaban J connectivity index is 2.46. The summed E-state index contributed by atoms with van der Waals surface area (Å²) in [6.45, 7) is 4.93. The highest BCUT2D eigenvalue weighted by Gasteiger charge is 2.13. The van der Waals surface area contributed by atoms with Gasteiger partial charge in [0, 0.05) is 36.6 Å². The average Bonchev–Trinajstić information content (AvgIpc) is 2.47. The summed E-state index contributed by atoms with van der Waals surface area (Å²) in [7, 11) is 0.